The average Bonchev–Trinajstić information content (AvgIpc) is 3.14. The maximum atomic E-state index is 13.8. The van der Waals surface area contributed by atoms with Gasteiger partial charge in [0.1, 0.15) is 17.3 Å². The summed E-state index contributed by atoms with van der Waals surface area (Å²) in [6, 6.07) is 17.2. The lowest BCUT2D eigenvalue weighted by Gasteiger charge is -2.14. The smallest absolute Gasteiger partial charge is 0.127 e. The molecule has 0 radical (unpaired) electrons. The number of hydrogen-bond acceptors (Lipinski definition) is 5. The summed E-state index contributed by atoms with van der Waals surface area (Å²) in [5, 5.41) is 12.6. The summed E-state index contributed by atoms with van der Waals surface area (Å²) in [5.41, 5.74) is 13.1. The van der Waals surface area contributed by atoms with E-state index in [1.165, 1.54) is 12.1 Å². The first-order valence-corrected chi connectivity index (χ1v) is 11.5. The highest BCUT2D eigenvalue weighted by molar-refractivity contribution is 6.14. The van der Waals surface area contributed by atoms with Gasteiger partial charge in [-0.15, -0.1) is 0 Å². The normalized spacial score (nSPS) is 17.0. The largest absolute Gasteiger partial charge is 0.410 e. The first kappa shape index (κ1) is 22.8. The van der Waals surface area contributed by atoms with Crippen LogP contribution in [0.1, 0.15) is 50.8 Å². The molecule has 0 amide bonds. The minimum absolute atomic E-state index is 0.161. The van der Waals surface area contributed by atoms with Gasteiger partial charge in [0.15, 0.2) is 0 Å². The Bertz CT molecular complexity index is 1420. The van der Waals surface area contributed by atoms with Crippen LogP contribution in [0.15, 0.2) is 78.2 Å². The van der Waals surface area contributed by atoms with E-state index in [-0.39, 0.29) is 17.7 Å². The molecule has 0 spiro atoms. The van der Waals surface area contributed by atoms with Gasteiger partial charge in [-0.3, -0.25) is 9.97 Å². The van der Waals surface area contributed by atoms with Gasteiger partial charge in [0.25, 0.3) is 0 Å². The van der Waals surface area contributed by atoms with Gasteiger partial charge in [-0.25, -0.2) is 8.78 Å². The molecule has 2 aliphatic carbocycles. The average molecular weight is 471 g/mol. The van der Waals surface area contributed by atoms with Crippen LogP contribution in [0.25, 0.3) is 0 Å². The molecule has 1 unspecified atom stereocenters. The number of benzene rings is 2. The molecule has 35 heavy (non-hydrogen) atoms. The molecule has 176 valence electrons. The van der Waals surface area contributed by atoms with Crippen LogP contribution in [0.2, 0.25) is 0 Å². The molecule has 3 N–H and O–H groups in total. The Hall–Kier alpha value is -3.97. The third kappa shape index (κ3) is 4.31. The lowest BCUT2D eigenvalue weighted by atomic mass is 9.97. The Morgan fingerprint density at radius 3 is 2.11 bits per heavy atom. The summed E-state index contributed by atoms with van der Waals surface area (Å²) in [4.78, 5) is 8.62. The standard InChI is InChI=1S/C14H11FN2O.C14H13FN2/c15-12-5-1-3-10-9(12)6-7-13-11(14(10)17-18)4-2-8-16-13;15-12-5-1-3-10-9(12)6-7-13-11(14(10)16)4-2-8-17-13/h1-5,8,18H,6-7H2;1-5,8,14H,6-7,16H2. The SMILES string of the molecule is NC1c2cccnc2CCc2c(F)cccc21.ON=C1c2cccnc2CCc2c(F)cccc21. The van der Waals surface area contributed by atoms with E-state index >= 15 is 0 Å². The van der Waals surface area contributed by atoms with Crippen molar-refractivity contribution in [1.29, 1.82) is 0 Å². The first-order chi connectivity index (χ1) is 17.1. The predicted molar refractivity (Wildman–Crippen MR) is 130 cm³/mol. The molecule has 0 saturated heterocycles. The molecule has 5 nitrogen and oxygen atoms in total. The van der Waals surface area contributed by atoms with E-state index in [9.17, 15) is 14.0 Å². The van der Waals surface area contributed by atoms with Gasteiger partial charge in [-0.05, 0) is 78.3 Å². The Morgan fingerprint density at radius 2 is 1.31 bits per heavy atom. The molecule has 2 aromatic heterocycles. The van der Waals surface area contributed by atoms with Crippen LogP contribution < -0.4 is 5.73 Å². The molecule has 2 aliphatic rings. The summed E-state index contributed by atoms with van der Waals surface area (Å²) < 4.78 is 27.6. The number of rotatable bonds is 0. The van der Waals surface area contributed by atoms with Crippen molar-refractivity contribution in [3.8, 4) is 0 Å². The topological polar surface area (TPSA) is 84.4 Å². The maximum absolute atomic E-state index is 13.8. The van der Waals surface area contributed by atoms with Crippen LogP contribution in [-0.2, 0) is 25.7 Å². The molecule has 1 atom stereocenters. The van der Waals surface area contributed by atoms with Crippen LogP contribution in [0.5, 0.6) is 0 Å². The number of aromatic nitrogens is 2. The van der Waals surface area contributed by atoms with Crippen LogP contribution in [0.3, 0.4) is 0 Å². The summed E-state index contributed by atoms with van der Waals surface area (Å²) in [5.74, 6) is -0.424. The third-order valence-corrected chi connectivity index (χ3v) is 6.59. The zero-order valence-corrected chi connectivity index (χ0v) is 19.0. The molecule has 7 heteroatoms. The van der Waals surface area contributed by atoms with Crippen molar-refractivity contribution in [3.05, 3.63) is 129 Å². The minimum Gasteiger partial charge on any atom is -0.410 e. The van der Waals surface area contributed by atoms with Crippen LogP contribution in [-0.4, -0.2) is 20.9 Å². The van der Waals surface area contributed by atoms with Gasteiger partial charge in [0, 0.05) is 29.2 Å². The van der Waals surface area contributed by atoms with Gasteiger partial charge < -0.3 is 10.9 Å². The highest BCUT2D eigenvalue weighted by Gasteiger charge is 2.23. The second kappa shape index (κ2) is 9.72. The summed E-state index contributed by atoms with van der Waals surface area (Å²) in [6.07, 6.45) is 6.07. The number of aryl methyl sites for hydroxylation is 2. The highest BCUT2D eigenvalue weighted by atomic mass is 19.1. The van der Waals surface area contributed by atoms with Gasteiger partial charge in [-0.2, -0.15) is 0 Å². The van der Waals surface area contributed by atoms with E-state index in [0.29, 0.717) is 36.1 Å². The molecular weight excluding hydrogens is 446 g/mol. The lowest BCUT2D eigenvalue weighted by molar-refractivity contribution is 0.319. The third-order valence-electron chi connectivity index (χ3n) is 6.59. The van der Waals surface area contributed by atoms with E-state index in [0.717, 1.165) is 40.1 Å². The molecule has 2 heterocycles. The molecule has 0 bridgehead atoms. The number of pyridine rings is 2. The molecular formula is C28H24F2N4O. The van der Waals surface area contributed by atoms with E-state index in [4.69, 9.17) is 5.73 Å². The number of oxime groups is 1. The number of fused-ring (bicyclic) bond motifs is 4. The minimum atomic E-state index is -0.271. The van der Waals surface area contributed by atoms with Crippen LogP contribution in [0.4, 0.5) is 8.78 Å². The summed E-state index contributed by atoms with van der Waals surface area (Å²) in [6.45, 7) is 0. The number of hydrogen-bond donors (Lipinski definition) is 2. The van der Waals surface area contributed by atoms with Gasteiger partial charge >= 0.3 is 0 Å². The first-order valence-electron chi connectivity index (χ1n) is 11.5. The molecule has 0 saturated carbocycles. The number of nitrogens with two attached hydrogens (primary N) is 1. The van der Waals surface area contributed by atoms with Crippen molar-refractivity contribution in [2.24, 2.45) is 10.9 Å². The summed E-state index contributed by atoms with van der Waals surface area (Å²) in [7, 11) is 0. The van der Waals surface area contributed by atoms with Crippen molar-refractivity contribution in [2.45, 2.75) is 31.7 Å². The van der Waals surface area contributed by atoms with Crippen LogP contribution >= 0.6 is 0 Å². The molecule has 0 aliphatic heterocycles. The van der Waals surface area contributed by atoms with Crippen molar-refractivity contribution < 1.29 is 14.0 Å². The van der Waals surface area contributed by atoms with Gasteiger partial charge in [0.05, 0.1) is 11.7 Å². The zero-order valence-electron chi connectivity index (χ0n) is 19.0. The highest BCUT2D eigenvalue weighted by Crippen LogP contribution is 2.31. The summed E-state index contributed by atoms with van der Waals surface area (Å²) >= 11 is 0. The van der Waals surface area contributed by atoms with E-state index in [1.54, 1.807) is 36.7 Å². The maximum Gasteiger partial charge on any atom is 0.127 e. The van der Waals surface area contributed by atoms with Crippen molar-refractivity contribution >= 4 is 5.71 Å². The van der Waals surface area contributed by atoms with Gasteiger partial charge in [-0.1, -0.05) is 35.5 Å². The second-order valence-corrected chi connectivity index (χ2v) is 8.54. The van der Waals surface area contributed by atoms with Crippen molar-refractivity contribution in [2.75, 3.05) is 0 Å². The fourth-order valence-corrected chi connectivity index (χ4v) is 4.87. The van der Waals surface area contributed by atoms with Crippen molar-refractivity contribution in [3.63, 3.8) is 0 Å². The Morgan fingerprint density at radius 1 is 0.714 bits per heavy atom. The monoisotopic (exact) mass is 470 g/mol. The Kier molecular flexibility index (Phi) is 6.33. The van der Waals surface area contributed by atoms with E-state index in [1.807, 2.05) is 24.3 Å². The van der Waals surface area contributed by atoms with Crippen LogP contribution in [0, 0.1) is 11.6 Å². The Labute approximate surface area is 202 Å². The number of halogens is 2. The van der Waals surface area contributed by atoms with E-state index < -0.39 is 0 Å². The fraction of sp³-hybridized carbons (Fsp3) is 0.179. The zero-order chi connectivity index (χ0) is 24.4. The Balaban J connectivity index is 0.000000145. The molecule has 6 rings (SSSR count). The fourth-order valence-electron chi connectivity index (χ4n) is 4.87. The molecule has 2 aromatic carbocycles. The number of nitrogens with zero attached hydrogens (tertiary/aromatic N) is 3. The van der Waals surface area contributed by atoms with Crippen molar-refractivity contribution in [1.82, 2.24) is 9.97 Å². The molecule has 0 fully saturated rings. The second-order valence-electron chi connectivity index (χ2n) is 8.54. The quantitative estimate of drug-likeness (QED) is 0.282. The molecule has 4 aromatic rings. The lowest BCUT2D eigenvalue weighted by Crippen LogP contribution is -2.14. The predicted octanol–water partition coefficient (Wildman–Crippen LogP) is 4.91. The van der Waals surface area contributed by atoms with Gasteiger partial charge in [0.2, 0.25) is 0 Å². The van der Waals surface area contributed by atoms with E-state index in [2.05, 4.69) is 15.1 Å².